The van der Waals surface area contributed by atoms with Crippen LogP contribution in [0, 0.1) is 0 Å². The number of alkyl halides is 3. The van der Waals surface area contributed by atoms with Crippen LogP contribution in [0.15, 0.2) is 37.9 Å². The van der Waals surface area contributed by atoms with E-state index in [0.717, 1.165) is 10.0 Å². The van der Waals surface area contributed by atoms with Gasteiger partial charge in [-0.15, -0.1) is 0 Å². The number of thiophene rings is 1. The van der Waals surface area contributed by atoms with E-state index in [-0.39, 0.29) is 10.5 Å². The van der Waals surface area contributed by atoms with Gasteiger partial charge < -0.3 is 5.32 Å². The van der Waals surface area contributed by atoms with Crippen LogP contribution in [0.1, 0.15) is 29.7 Å². The molecule has 114 valence electrons. The third-order valence-electron chi connectivity index (χ3n) is 2.99. The van der Waals surface area contributed by atoms with Gasteiger partial charge in [0.15, 0.2) is 0 Å². The number of halogens is 5. The van der Waals surface area contributed by atoms with Crippen molar-refractivity contribution in [1.82, 2.24) is 5.32 Å². The normalized spacial score (nSPS) is 13.4. The summed E-state index contributed by atoms with van der Waals surface area (Å²) in [7, 11) is 0. The van der Waals surface area contributed by atoms with Crippen LogP contribution < -0.4 is 5.32 Å². The molecule has 0 bridgehead atoms. The molecule has 0 fully saturated rings. The van der Waals surface area contributed by atoms with Crippen LogP contribution in [0.5, 0.6) is 0 Å². The number of hydrogen-bond acceptors (Lipinski definition) is 2. The molecular formula is C14H12Br2F3NS. The van der Waals surface area contributed by atoms with Gasteiger partial charge in [0.25, 0.3) is 0 Å². The van der Waals surface area contributed by atoms with Gasteiger partial charge in [-0.25, -0.2) is 0 Å². The summed E-state index contributed by atoms with van der Waals surface area (Å²) in [5.41, 5.74) is 0.873. The summed E-state index contributed by atoms with van der Waals surface area (Å²) in [6.07, 6.45) is -4.38. The lowest BCUT2D eigenvalue weighted by atomic mass is 9.99. The molecule has 1 N–H and O–H groups in total. The molecule has 1 aromatic carbocycles. The van der Waals surface area contributed by atoms with Crippen LogP contribution in [0.3, 0.4) is 0 Å². The molecule has 0 radical (unpaired) electrons. The lowest BCUT2D eigenvalue weighted by molar-refractivity contribution is -0.138. The molecule has 1 atom stereocenters. The first-order chi connectivity index (χ1) is 9.84. The van der Waals surface area contributed by atoms with E-state index in [9.17, 15) is 13.2 Å². The summed E-state index contributed by atoms with van der Waals surface area (Å²) in [5, 5.41) is 7.09. The van der Waals surface area contributed by atoms with E-state index in [0.29, 0.717) is 12.1 Å². The maximum atomic E-state index is 13.0. The zero-order chi connectivity index (χ0) is 15.6. The van der Waals surface area contributed by atoms with Crippen LogP contribution in [0.4, 0.5) is 13.2 Å². The Balaban J connectivity index is 2.49. The van der Waals surface area contributed by atoms with Crippen molar-refractivity contribution in [1.29, 1.82) is 0 Å². The smallest absolute Gasteiger partial charge is 0.306 e. The molecule has 0 spiro atoms. The highest BCUT2D eigenvalue weighted by Crippen LogP contribution is 2.38. The van der Waals surface area contributed by atoms with Gasteiger partial charge >= 0.3 is 6.18 Å². The molecule has 21 heavy (non-hydrogen) atoms. The van der Waals surface area contributed by atoms with Gasteiger partial charge in [-0.3, -0.25) is 0 Å². The van der Waals surface area contributed by atoms with E-state index in [1.54, 1.807) is 6.07 Å². The second kappa shape index (κ2) is 6.81. The topological polar surface area (TPSA) is 12.0 Å². The average molecular weight is 443 g/mol. The Hall–Kier alpha value is -0.370. The first-order valence-corrected chi connectivity index (χ1v) is 8.69. The summed E-state index contributed by atoms with van der Waals surface area (Å²) >= 11 is 7.93. The fourth-order valence-electron chi connectivity index (χ4n) is 2.05. The minimum Gasteiger partial charge on any atom is -0.306 e. The molecule has 2 rings (SSSR count). The fraction of sp³-hybridized carbons (Fsp3) is 0.286. The zero-order valence-corrected chi connectivity index (χ0v) is 15.0. The van der Waals surface area contributed by atoms with Crippen LogP contribution in [-0.4, -0.2) is 6.54 Å². The van der Waals surface area contributed by atoms with E-state index >= 15 is 0 Å². The van der Waals surface area contributed by atoms with Crippen LogP contribution in [0.2, 0.25) is 0 Å². The molecule has 0 saturated carbocycles. The molecule has 0 saturated heterocycles. The average Bonchev–Trinajstić information content (AvgIpc) is 2.82. The van der Waals surface area contributed by atoms with E-state index in [4.69, 9.17) is 0 Å². The maximum Gasteiger partial charge on any atom is 0.417 e. The van der Waals surface area contributed by atoms with Gasteiger partial charge in [0.2, 0.25) is 0 Å². The highest BCUT2D eigenvalue weighted by atomic mass is 79.9. The Kier molecular flexibility index (Phi) is 5.51. The van der Waals surface area contributed by atoms with Crippen LogP contribution >= 0.6 is 43.2 Å². The van der Waals surface area contributed by atoms with Gasteiger partial charge in [0.1, 0.15) is 0 Å². The van der Waals surface area contributed by atoms with E-state index < -0.39 is 11.7 Å². The zero-order valence-electron chi connectivity index (χ0n) is 11.0. The predicted molar refractivity (Wildman–Crippen MR) is 86.7 cm³/mol. The van der Waals surface area contributed by atoms with Crippen molar-refractivity contribution in [2.75, 3.05) is 6.54 Å². The molecule has 1 nitrogen and oxygen atoms in total. The monoisotopic (exact) mass is 441 g/mol. The summed E-state index contributed by atoms with van der Waals surface area (Å²) in [5.74, 6) is 0. The van der Waals surface area contributed by atoms with E-state index in [1.165, 1.54) is 23.5 Å². The SMILES string of the molecule is CCNC(c1ccc(Br)c(C(F)(F)F)c1)c1cscc1Br. The van der Waals surface area contributed by atoms with Crippen molar-refractivity contribution >= 4 is 43.2 Å². The highest BCUT2D eigenvalue weighted by molar-refractivity contribution is 9.10. The first kappa shape index (κ1) is 17.0. The van der Waals surface area contributed by atoms with Gasteiger partial charge in [-0.05, 0) is 51.1 Å². The standard InChI is InChI=1S/C14H12Br2F3NS/c1-2-20-13(9-6-21-7-12(9)16)8-3-4-11(15)10(5-8)14(17,18)19/h3-7,13,20H,2H2,1H3. The quantitative estimate of drug-likeness (QED) is 0.613. The largest absolute Gasteiger partial charge is 0.417 e. The van der Waals surface area contributed by atoms with E-state index in [1.807, 2.05) is 17.7 Å². The second-order valence-corrected chi connectivity index (χ2v) is 6.86. The third kappa shape index (κ3) is 3.88. The van der Waals surface area contributed by atoms with Gasteiger partial charge in [-0.1, -0.05) is 28.9 Å². The van der Waals surface area contributed by atoms with Crippen molar-refractivity contribution in [3.05, 3.63) is 54.6 Å². The van der Waals surface area contributed by atoms with Crippen molar-refractivity contribution in [2.24, 2.45) is 0 Å². The minimum absolute atomic E-state index is 0.0541. The summed E-state index contributed by atoms with van der Waals surface area (Å²) < 4.78 is 40.1. The number of rotatable bonds is 4. The minimum atomic E-state index is -4.38. The first-order valence-electron chi connectivity index (χ1n) is 6.16. The molecular weight excluding hydrogens is 431 g/mol. The Morgan fingerprint density at radius 3 is 2.43 bits per heavy atom. The summed E-state index contributed by atoms with van der Waals surface area (Å²) in [6, 6.07) is 4.07. The molecule has 0 aliphatic heterocycles. The highest BCUT2D eigenvalue weighted by Gasteiger charge is 2.33. The molecule has 2 aromatic rings. The summed E-state index contributed by atoms with van der Waals surface area (Å²) in [4.78, 5) is 0. The predicted octanol–water partition coefficient (Wildman–Crippen LogP) is 5.99. The van der Waals surface area contributed by atoms with Crippen molar-refractivity contribution < 1.29 is 13.2 Å². The lowest BCUT2D eigenvalue weighted by Crippen LogP contribution is -2.22. The number of hydrogen-bond donors (Lipinski definition) is 1. The molecule has 1 unspecified atom stereocenters. The Morgan fingerprint density at radius 2 is 1.90 bits per heavy atom. The Bertz CT molecular complexity index is 625. The van der Waals surface area contributed by atoms with Crippen LogP contribution in [-0.2, 0) is 6.18 Å². The molecule has 0 aliphatic carbocycles. The van der Waals surface area contributed by atoms with Crippen molar-refractivity contribution in [2.45, 2.75) is 19.1 Å². The fourth-order valence-corrected chi connectivity index (χ4v) is 4.07. The van der Waals surface area contributed by atoms with Gasteiger partial charge in [-0.2, -0.15) is 24.5 Å². The van der Waals surface area contributed by atoms with Gasteiger partial charge in [0.05, 0.1) is 11.6 Å². The lowest BCUT2D eigenvalue weighted by Gasteiger charge is -2.20. The molecule has 1 aromatic heterocycles. The van der Waals surface area contributed by atoms with Crippen molar-refractivity contribution in [3.8, 4) is 0 Å². The van der Waals surface area contributed by atoms with Gasteiger partial charge in [0, 0.05) is 14.3 Å². The van der Waals surface area contributed by atoms with Crippen molar-refractivity contribution in [3.63, 3.8) is 0 Å². The molecule has 7 heteroatoms. The van der Waals surface area contributed by atoms with Crippen LogP contribution in [0.25, 0.3) is 0 Å². The third-order valence-corrected chi connectivity index (χ3v) is 5.43. The molecule has 1 heterocycles. The van der Waals surface area contributed by atoms with E-state index in [2.05, 4.69) is 37.2 Å². The Morgan fingerprint density at radius 1 is 1.19 bits per heavy atom. The second-order valence-electron chi connectivity index (χ2n) is 4.40. The molecule has 0 aliphatic rings. The summed E-state index contributed by atoms with van der Waals surface area (Å²) in [6.45, 7) is 2.58. The molecule has 0 amide bonds. The number of benzene rings is 1. The Labute approximate surface area is 141 Å². The maximum absolute atomic E-state index is 13.0. The number of nitrogens with one attached hydrogen (secondary N) is 1.